The molecule has 4 unspecified atom stereocenters. The van der Waals surface area contributed by atoms with Gasteiger partial charge in [-0.1, -0.05) is 98.8 Å². The number of fused-ring (bicyclic) bond motifs is 1. The number of likely N-dealkylation sites (tertiary alicyclic amines) is 1. The summed E-state index contributed by atoms with van der Waals surface area (Å²) < 4.78 is 5.33. The highest BCUT2D eigenvalue weighted by Gasteiger charge is 2.32. The molecule has 1 heterocycles. The number of ketones is 1. The smallest absolute Gasteiger partial charge is 0.408 e. The minimum absolute atomic E-state index is 0.0602. The van der Waals surface area contributed by atoms with Crippen LogP contribution in [0.4, 0.5) is 4.79 Å². The molecule has 0 saturated carbocycles. The number of allylic oxidation sites excluding steroid dienone is 2. The number of carbonyl (C=O) groups excluding carboxylic acids is 4. The zero-order chi connectivity index (χ0) is 32.0. The first-order chi connectivity index (χ1) is 21.8. The molecule has 0 radical (unpaired) electrons. The Morgan fingerprint density at radius 3 is 2.29 bits per heavy atom. The molecule has 3 amide bonds. The fourth-order valence-electron chi connectivity index (χ4n) is 5.91. The Balaban J connectivity index is 1.34. The maximum atomic E-state index is 13.5. The molecule has 3 N–H and O–H groups in total. The van der Waals surface area contributed by atoms with Crippen molar-refractivity contribution in [3.05, 3.63) is 96.1 Å². The van der Waals surface area contributed by atoms with Gasteiger partial charge < -0.3 is 20.7 Å². The molecule has 2 aromatic carbocycles. The van der Waals surface area contributed by atoms with Crippen LogP contribution in [-0.2, 0) is 32.1 Å². The lowest BCUT2D eigenvalue weighted by Crippen LogP contribution is -2.55. The van der Waals surface area contributed by atoms with E-state index in [-0.39, 0.29) is 18.9 Å². The molecule has 1 aliphatic heterocycles. The van der Waals surface area contributed by atoms with Crippen molar-refractivity contribution in [1.82, 2.24) is 20.9 Å². The van der Waals surface area contributed by atoms with Gasteiger partial charge in [-0.2, -0.15) is 0 Å². The summed E-state index contributed by atoms with van der Waals surface area (Å²) in [7, 11) is 0. The van der Waals surface area contributed by atoms with E-state index < -0.39 is 35.8 Å². The number of hydrogen-bond donors (Lipinski definition) is 3. The quantitative estimate of drug-likeness (QED) is 0.203. The van der Waals surface area contributed by atoms with Crippen LogP contribution in [0.2, 0.25) is 0 Å². The topological polar surface area (TPSA) is 117 Å². The number of ether oxygens (including phenoxy) is 1. The summed E-state index contributed by atoms with van der Waals surface area (Å²) in [5.74, 6) is -1.40. The molecule has 2 aromatic rings. The lowest BCUT2D eigenvalue weighted by Gasteiger charge is -2.39. The average Bonchev–Trinajstić information content (AvgIpc) is 3.05. The zero-order valence-corrected chi connectivity index (χ0v) is 26.3. The molecule has 0 spiro atoms. The van der Waals surface area contributed by atoms with Crippen LogP contribution < -0.4 is 16.0 Å². The molecular formula is C36H46N4O5. The van der Waals surface area contributed by atoms with Gasteiger partial charge in [-0.15, -0.1) is 0 Å². The third kappa shape index (κ3) is 10.7. The summed E-state index contributed by atoms with van der Waals surface area (Å²) in [6, 6.07) is 16.8. The van der Waals surface area contributed by atoms with Crippen LogP contribution in [0, 0.1) is 11.8 Å². The Kier molecular flexibility index (Phi) is 12.9. The first-order valence-electron chi connectivity index (χ1n) is 16.0. The molecule has 1 saturated heterocycles. The van der Waals surface area contributed by atoms with Crippen molar-refractivity contribution < 1.29 is 23.9 Å². The zero-order valence-electron chi connectivity index (χ0n) is 26.3. The van der Waals surface area contributed by atoms with Crippen molar-refractivity contribution in [3.8, 4) is 0 Å². The van der Waals surface area contributed by atoms with Gasteiger partial charge in [-0.05, 0) is 55.2 Å². The number of nitrogens with one attached hydrogen (secondary N) is 3. The van der Waals surface area contributed by atoms with Crippen LogP contribution in [0.5, 0.6) is 0 Å². The fourth-order valence-corrected chi connectivity index (χ4v) is 5.91. The SMILES string of the molecule is CC(C)CC(NC(=O)OCc1ccccc1)C(=O)NC(Cc1ccccc1)C(=O)C(=O)NCCCN1CCCC2C=CC=CC21. The minimum Gasteiger partial charge on any atom is -0.445 e. The third-order valence-corrected chi connectivity index (χ3v) is 8.20. The number of nitrogens with zero attached hydrogens (tertiary/aromatic N) is 1. The first-order valence-corrected chi connectivity index (χ1v) is 16.0. The summed E-state index contributed by atoms with van der Waals surface area (Å²) in [6.45, 7) is 6.12. The van der Waals surface area contributed by atoms with Gasteiger partial charge in [-0.25, -0.2) is 4.79 Å². The minimum atomic E-state index is -1.10. The van der Waals surface area contributed by atoms with Crippen LogP contribution >= 0.6 is 0 Å². The molecule has 4 rings (SSSR count). The van der Waals surface area contributed by atoms with Gasteiger partial charge in [0.05, 0.1) is 0 Å². The molecule has 1 fully saturated rings. The summed E-state index contributed by atoms with van der Waals surface area (Å²) in [4.78, 5) is 55.0. The Morgan fingerprint density at radius 2 is 1.58 bits per heavy atom. The molecule has 0 bridgehead atoms. The molecule has 45 heavy (non-hydrogen) atoms. The van der Waals surface area contributed by atoms with Gasteiger partial charge in [0.2, 0.25) is 11.7 Å². The van der Waals surface area contributed by atoms with Crippen molar-refractivity contribution in [2.75, 3.05) is 19.6 Å². The Hall–Kier alpha value is -4.24. The van der Waals surface area contributed by atoms with E-state index in [2.05, 4.69) is 45.2 Å². The van der Waals surface area contributed by atoms with E-state index in [1.54, 1.807) is 0 Å². The van der Waals surface area contributed by atoms with Crippen molar-refractivity contribution >= 4 is 23.7 Å². The Labute approximate surface area is 266 Å². The standard InChI is InChI=1S/C36H46N4O5/c1-26(2)23-31(39-36(44)45-25-28-15-7-4-8-16-28)34(42)38-30(24-27-13-5-3-6-14-27)33(41)35(43)37-20-12-22-40-21-11-18-29-17-9-10-19-32(29)40/h3-10,13-17,19,26,29-32H,11-12,18,20-25H2,1-2H3,(H,37,43)(H,38,42)(H,39,44). The number of rotatable bonds is 15. The maximum absolute atomic E-state index is 13.5. The van der Waals surface area contributed by atoms with Gasteiger partial charge in [0, 0.05) is 25.6 Å². The second-order valence-electron chi connectivity index (χ2n) is 12.2. The van der Waals surface area contributed by atoms with Crippen molar-refractivity contribution in [2.45, 2.75) is 70.7 Å². The van der Waals surface area contributed by atoms with E-state index in [9.17, 15) is 19.2 Å². The summed E-state index contributed by atoms with van der Waals surface area (Å²) >= 11 is 0. The van der Waals surface area contributed by atoms with Gasteiger partial charge in [-0.3, -0.25) is 19.3 Å². The van der Waals surface area contributed by atoms with E-state index >= 15 is 0 Å². The first kappa shape index (κ1) is 33.6. The normalized spacial score (nSPS) is 18.8. The van der Waals surface area contributed by atoms with Gasteiger partial charge in [0.25, 0.3) is 5.91 Å². The van der Waals surface area contributed by atoms with Crippen LogP contribution in [0.25, 0.3) is 0 Å². The van der Waals surface area contributed by atoms with E-state index in [4.69, 9.17) is 4.74 Å². The van der Waals surface area contributed by atoms with Crippen LogP contribution in [0.3, 0.4) is 0 Å². The largest absolute Gasteiger partial charge is 0.445 e. The molecule has 4 atom stereocenters. The van der Waals surface area contributed by atoms with Crippen molar-refractivity contribution in [2.24, 2.45) is 11.8 Å². The highest BCUT2D eigenvalue weighted by Crippen LogP contribution is 2.28. The van der Waals surface area contributed by atoms with Crippen LogP contribution in [0.15, 0.2) is 85.0 Å². The molecule has 9 heteroatoms. The van der Waals surface area contributed by atoms with E-state index in [0.717, 1.165) is 30.6 Å². The maximum Gasteiger partial charge on any atom is 0.408 e. The van der Waals surface area contributed by atoms with E-state index in [0.29, 0.717) is 31.3 Å². The number of piperidine rings is 1. The number of alkyl carbamates (subject to hydrolysis) is 1. The molecule has 240 valence electrons. The van der Waals surface area contributed by atoms with Crippen LogP contribution in [0.1, 0.15) is 50.7 Å². The van der Waals surface area contributed by atoms with Crippen molar-refractivity contribution in [1.29, 1.82) is 0 Å². The predicted octanol–water partition coefficient (Wildman–Crippen LogP) is 4.34. The van der Waals surface area contributed by atoms with Gasteiger partial charge in [0.1, 0.15) is 18.7 Å². The molecule has 2 aliphatic rings. The molecule has 0 aromatic heterocycles. The number of amides is 3. The molecule has 1 aliphatic carbocycles. The monoisotopic (exact) mass is 614 g/mol. The fraction of sp³-hybridized carbons (Fsp3) is 0.444. The lowest BCUT2D eigenvalue weighted by molar-refractivity contribution is -0.140. The highest BCUT2D eigenvalue weighted by atomic mass is 16.5. The Bertz CT molecular complexity index is 1330. The summed E-state index contributed by atoms with van der Waals surface area (Å²) in [5, 5.41) is 8.18. The van der Waals surface area contributed by atoms with E-state index in [1.165, 1.54) is 6.42 Å². The van der Waals surface area contributed by atoms with Crippen LogP contribution in [-0.4, -0.2) is 66.4 Å². The van der Waals surface area contributed by atoms with Gasteiger partial charge in [0.15, 0.2) is 0 Å². The second kappa shape index (κ2) is 17.3. The number of Topliss-reactive ketones (excluding diaryl/α,β-unsaturated/α-hetero) is 1. The Morgan fingerprint density at radius 1 is 0.889 bits per heavy atom. The average molecular weight is 615 g/mol. The van der Waals surface area contributed by atoms with Gasteiger partial charge >= 0.3 is 6.09 Å². The third-order valence-electron chi connectivity index (χ3n) is 8.20. The van der Waals surface area contributed by atoms with E-state index in [1.807, 2.05) is 74.5 Å². The summed E-state index contributed by atoms with van der Waals surface area (Å²) in [5.41, 5.74) is 1.62. The number of benzene rings is 2. The second-order valence-corrected chi connectivity index (χ2v) is 12.2. The number of carbonyl (C=O) groups is 4. The highest BCUT2D eigenvalue weighted by molar-refractivity contribution is 6.38. The molecule has 9 nitrogen and oxygen atoms in total. The predicted molar refractivity (Wildman–Crippen MR) is 174 cm³/mol. The number of hydrogen-bond acceptors (Lipinski definition) is 6. The van der Waals surface area contributed by atoms with Crippen molar-refractivity contribution in [3.63, 3.8) is 0 Å². The summed E-state index contributed by atoms with van der Waals surface area (Å²) in [6.07, 6.45) is 11.5. The molecular weight excluding hydrogens is 568 g/mol. The lowest BCUT2D eigenvalue weighted by atomic mass is 9.86.